The molecule has 10 heteroatoms. The first-order chi connectivity index (χ1) is 16.7. The molecular weight excluding hydrogens is 449 g/mol. The minimum Gasteiger partial charge on any atom is -0.494 e. The Hall–Kier alpha value is -4.05. The Balaban J connectivity index is 1.98. The van der Waals surface area contributed by atoms with E-state index in [0.717, 1.165) is 18.8 Å². The number of hydrogen-bond acceptors (Lipinski definition) is 8. The number of ether oxygens (including phenoxy) is 1. The van der Waals surface area contributed by atoms with Crippen LogP contribution in [0.5, 0.6) is 5.75 Å². The van der Waals surface area contributed by atoms with E-state index in [1.165, 1.54) is 18.5 Å². The summed E-state index contributed by atoms with van der Waals surface area (Å²) in [5.41, 5.74) is 2.94. The quantitative estimate of drug-likeness (QED) is 0.423. The van der Waals surface area contributed by atoms with Gasteiger partial charge >= 0.3 is 0 Å². The number of amides is 1. The van der Waals surface area contributed by atoms with Crippen LogP contribution in [0.1, 0.15) is 5.56 Å². The number of benzene rings is 2. The first kappa shape index (κ1) is 25.6. The van der Waals surface area contributed by atoms with Gasteiger partial charge in [0.25, 0.3) is 0 Å². The molecule has 3 aromatic rings. The summed E-state index contributed by atoms with van der Waals surface area (Å²) in [4.78, 5) is 29.0. The largest absolute Gasteiger partial charge is 0.494 e. The Bertz CT molecular complexity index is 1220. The standard InChI is InChI=1S/C25H30FN7O2/c1-7-23(34)29-19-13-20(22(35-6)14-21(19)33(5)11-10-32(3)4)30-25-28-15-27-24(31-25)17-9-8-16(2)18(26)12-17/h7-9,12-15H,1,10-11H2,2-6H3,(H,29,34)(H,27,28,30,31). The number of anilines is 4. The maximum absolute atomic E-state index is 14.0. The van der Waals surface area contributed by atoms with Gasteiger partial charge in [-0.15, -0.1) is 0 Å². The van der Waals surface area contributed by atoms with Crippen LogP contribution < -0.4 is 20.3 Å². The lowest BCUT2D eigenvalue weighted by Gasteiger charge is -2.25. The molecule has 0 spiro atoms. The molecular formula is C25H30FN7O2. The van der Waals surface area contributed by atoms with Crippen LogP contribution in [0.15, 0.2) is 49.3 Å². The number of methoxy groups -OCH3 is 1. The molecule has 0 aliphatic carbocycles. The highest BCUT2D eigenvalue weighted by Crippen LogP contribution is 2.38. The maximum atomic E-state index is 14.0. The highest BCUT2D eigenvalue weighted by Gasteiger charge is 2.17. The normalized spacial score (nSPS) is 10.7. The third-order valence-corrected chi connectivity index (χ3v) is 5.30. The van der Waals surface area contributed by atoms with E-state index in [-0.39, 0.29) is 17.7 Å². The molecule has 0 unspecified atom stereocenters. The summed E-state index contributed by atoms with van der Waals surface area (Å²) in [7, 11) is 7.49. The van der Waals surface area contributed by atoms with E-state index in [2.05, 4.69) is 37.1 Å². The van der Waals surface area contributed by atoms with E-state index in [9.17, 15) is 9.18 Å². The number of nitrogens with one attached hydrogen (secondary N) is 2. The summed E-state index contributed by atoms with van der Waals surface area (Å²) >= 11 is 0. The Morgan fingerprint density at radius 2 is 1.91 bits per heavy atom. The van der Waals surface area contributed by atoms with Crippen LogP contribution in [0.25, 0.3) is 11.4 Å². The van der Waals surface area contributed by atoms with E-state index in [0.29, 0.717) is 34.1 Å². The summed E-state index contributed by atoms with van der Waals surface area (Å²) in [6.45, 7) is 6.78. The van der Waals surface area contributed by atoms with Gasteiger partial charge in [-0.25, -0.2) is 14.4 Å². The Labute approximate surface area is 204 Å². The SMILES string of the molecule is C=CC(=O)Nc1cc(Nc2ncnc(-c3ccc(C)c(F)c3)n2)c(OC)cc1N(C)CCN(C)C. The molecule has 3 rings (SSSR count). The van der Waals surface area contributed by atoms with E-state index in [4.69, 9.17) is 4.74 Å². The number of aromatic nitrogens is 3. The summed E-state index contributed by atoms with van der Waals surface area (Å²) in [5, 5.41) is 5.98. The van der Waals surface area contributed by atoms with Crippen molar-refractivity contribution in [3.63, 3.8) is 0 Å². The van der Waals surface area contributed by atoms with Gasteiger partial charge < -0.3 is 25.2 Å². The molecule has 0 saturated carbocycles. The third kappa shape index (κ3) is 6.51. The highest BCUT2D eigenvalue weighted by molar-refractivity contribution is 6.02. The van der Waals surface area contributed by atoms with Crippen LogP contribution in [0, 0.1) is 12.7 Å². The number of nitrogens with zero attached hydrogens (tertiary/aromatic N) is 5. The molecule has 0 bridgehead atoms. The highest BCUT2D eigenvalue weighted by atomic mass is 19.1. The number of carbonyl (C=O) groups excluding carboxylic acids is 1. The zero-order chi connectivity index (χ0) is 25.5. The minimum atomic E-state index is -0.341. The van der Waals surface area contributed by atoms with Gasteiger partial charge in [0.2, 0.25) is 11.9 Å². The van der Waals surface area contributed by atoms with Crippen molar-refractivity contribution >= 4 is 28.9 Å². The fraction of sp³-hybridized carbons (Fsp3) is 0.280. The number of halogens is 1. The van der Waals surface area contributed by atoms with Gasteiger partial charge in [-0.3, -0.25) is 4.79 Å². The topological polar surface area (TPSA) is 95.5 Å². The van der Waals surface area contributed by atoms with Crippen molar-refractivity contribution in [3.05, 3.63) is 60.7 Å². The molecule has 1 heterocycles. The molecule has 0 fully saturated rings. The van der Waals surface area contributed by atoms with Crippen LogP contribution in [0.4, 0.5) is 27.4 Å². The number of aryl methyl sites for hydroxylation is 1. The fourth-order valence-electron chi connectivity index (χ4n) is 3.25. The smallest absolute Gasteiger partial charge is 0.247 e. The molecule has 184 valence electrons. The summed E-state index contributed by atoms with van der Waals surface area (Å²) < 4.78 is 19.7. The summed E-state index contributed by atoms with van der Waals surface area (Å²) in [6.07, 6.45) is 2.55. The van der Waals surface area contributed by atoms with E-state index in [1.54, 1.807) is 32.2 Å². The molecule has 0 radical (unpaired) electrons. The predicted octanol–water partition coefficient (Wildman–Crippen LogP) is 3.86. The fourth-order valence-corrected chi connectivity index (χ4v) is 3.25. The van der Waals surface area contributed by atoms with E-state index < -0.39 is 0 Å². The predicted molar refractivity (Wildman–Crippen MR) is 137 cm³/mol. The molecule has 0 atom stereocenters. The molecule has 0 saturated heterocycles. The summed E-state index contributed by atoms with van der Waals surface area (Å²) in [5.74, 6) is 0.407. The van der Waals surface area contributed by atoms with Gasteiger partial charge in [-0.05, 0) is 44.8 Å². The molecule has 1 aromatic heterocycles. The average molecular weight is 480 g/mol. The maximum Gasteiger partial charge on any atom is 0.247 e. The second kappa shape index (κ2) is 11.4. The van der Waals surface area contributed by atoms with Gasteiger partial charge in [0.15, 0.2) is 5.82 Å². The minimum absolute atomic E-state index is 0.240. The van der Waals surface area contributed by atoms with Crippen LogP contribution in [0.3, 0.4) is 0 Å². The van der Waals surface area contributed by atoms with Gasteiger partial charge in [0, 0.05) is 31.8 Å². The van der Waals surface area contributed by atoms with Crippen LogP contribution in [-0.2, 0) is 4.79 Å². The third-order valence-electron chi connectivity index (χ3n) is 5.30. The molecule has 35 heavy (non-hydrogen) atoms. The van der Waals surface area contributed by atoms with Crippen LogP contribution >= 0.6 is 0 Å². The lowest BCUT2D eigenvalue weighted by molar-refractivity contribution is -0.111. The van der Waals surface area contributed by atoms with E-state index in [1.807, 2.05) is 32.1 Å². The van der Waals surface area contributed by atoms with Gasteiger partial charge in [-0.1, -0.05) is 18.7 Å². The number of likely N-dealkylation sites (N-methyl/N-ethyl adjacent to an activating group) is 2. The van der Waals surface area contributed by atoms with Gasteiger partial charge in [-0.2, -0.15) is 4.98 Å². The Morgan fingerprint density at radius 1 is 1.14 bits per heavy atom. The van der Waals surface area contributed by atoms with Crippen molar-refractivity contribution < 1.29 is 13.9 Å². The second-order valence-corrected chi connectivity index (χ2v) is 8.21. The molecule has 1 amide bonds. The number of carbonyl (C=O) groups is 1. The van der Waals surface area contributed by atoms with Crippen molar-refractivity contribution in [1.29, 1.82) is 0 Å². The molecule has 9 nitrogen and oxygen atoms in total. The van der Waals surface area contributed by atoms with Gasteiger partial charge in [0.05, 0.1) is 24.2 Å². The lowest BCUT2D eigenvalue weighted by Crippen LogP contribution is -2.29. The average Bonchev–Trinajstić information content (AvgIpc) is 2.84. The first-order valence-electron chi connectivity index (χ1n) is 11.0. The van der Waals surface area contributed by atoms with Crippen molar-refractivity contribution in [2.45, 2.75) is 6.92 Å². The van der Waals surface area contributed by atoms with Crippen molar-refractivity contribution in [3.8, 4) is 17.1 Å². The zero-order valence-corrected chi connectivity index (χ0v) is 20.6. The Morgan fingerprint density at radius 3 is 2.57 bits per heavy atom. The van der Waals surface area contributed by atoms with Crippen LogP contribution in [0.2, 0.25) is 0 Å². The van der Waals surface area contributed by atoms with Crippen molar-refractivity contribution in [2.75, 3.05) is 56.9 Å². The molecule has 2 N–H and O–H groups in total. The Kier molecular flexibility index (Phi) is 8.32. The summed E-state index contributed by atoms with van der Waals surface area (Å²) in [6, 6.07) is 8.38. The van der Waals surface area contributed by atoms with Crippen LogP contribution in [-0.4, -0.2) is 67.1 Å². The molecule has 2 aromatic carbocycles. The lowest BCUT2D eigenvalue weighted by atomic mass is 10.1. The zero-order valence-electron chi connectivity index (χ0n) is 20.6. The molecule has 0 aliphatic rings. The van der Waals surface area contributed by atoms with Gasteiger partial charge in [0.1, 0.15) is 17.9 Å². The second-order valence-electron chi connectivity index (χ2n) is 8.21. The number of rotatable bonds is 10. The van der Waals surface area contributed by atoms with E-state index >= 15 is 0 Å². The van der Waals surface area contributed by atoms with Crippen molar-refractivity contribution in [1.82, 2.24) is 19.9 Å². The monoisotopic (exact) mass is 479 g/mol. The molecule has 0 aliphatic heterocycles. The first-order valence-corrected chi connectivity index (χ1v) is 11.0. The van der Waals surface area contributed by atoms with Crippen molar-refractivity contribution in [2.24, 2.45) is 0 Å². The number of hydrogen-bond donors (Lipinski definition) is 2.